The molecule has 122 valence electrons. The molecular weight excluding hydrogens is 311 g/mol. The Morgan fingerprint density at radius 1 is 1.35 bits per heavy atom. The Morgan fingerprint density at radius 3 is 2.91 bits per heavy atom. The normalized spacial score (nSPS) is 24.1. The predicted molar refractivity (Wildman–Crippen MR) is 93.9 cm³/mol. The minimum atomic E-state index is -0.101. The van der Waals surface area contributed by atoms with Gasteiger partial charge in [0, 0.05) is 32.4 Å². The van der Waals surface area contributed by atoms with Gasteiger partial charge in [-0.3, -0.25) is 0 Å². The van der Waals surface area contributed by atoms with E-state index in [0.29, 0.717) is 17.4 Å². The van der Waals surface area contributed by atoms with E-state index in [1.807, 2.05) is 24.9 Å². The van der Waals surface area contributed by atoms with E-state index in [1.54, 1.807) is 11.8 Å². The number of aryl methyl sites for hydroxylation is 1. The maximum atomic E-state index is 14.8. The molecule has 3 heterocycles. The van der Waals surface area contributed by atoms with Crippen LogP contribution in [-0.4, -0.2) is 61.2 Å². The summed E-state index contributed by atoms with van der Waals surface area (Å²) in [7, 11) is 4.10. The van der Waals surface area contributed by atoms with Gasteiger partial charge in [0.05, 0.1) is 22.2 Å². The molecule has 3 aliphatic heterocycles. The van der Waals surface area contributed by atoms with Crippen LogP contribution in [-0.2, 0) is 0 Å². The number of likely N-dealkylation sites (N-methyl/N-ethyl adjacent to an activating group) is 1. The number of nitrogens with zero attached hydrogens (tertiary/aromatic N) is 4. The largest absolute Gasteiger partial charge is 0.350 e. The van der Waals surface area contributed by atoms with Crippen molar-refractivity contribution < 1.29 is 4.39 Å². The molecule has 23 heavy (non-hydrogen) atoms. The Morgan fingerprint density at radius 2 is 2.13 bits per heavy atom. The summed E-state index contributed by atoms with van der Waals surface area (Å²) in [5.74, 6) is 2.40. The number of amidine groups is 1. The first-order valence-corrected chi connectivity index (χ1v) is 8.88. The Balaban J connectivity index is 1.94. The lowest BCUT2D eigenvalue weighted by Gasteiger charge is -2.42. The summed E-state index contributed by atoms with van der Waals surface area (Å²) in [5, 5.41) is 0. The van der Waals surface area contributed by atoms with Crippen LogP contribution in [0.1, 0.15) is 11.1 Å². The van der Waals surface area contributed by atoms with E-state index < -0.39 is 0 Å². The molecule has 0 spiro atoms. The molecule has 0 radical (unpaired) electrons. The molecule has 1 unspecified atom stereocenters. The highest BCUT2D eigenvalue weighted by Crippen LogP contribution is 2.42. The Bertz CT molecular complexity index is 730. The lowest BCUT2D eigenvalue weighted by atomic mass is 10.0. The maximum Gasteiger partial charge on any atom is 0.142 e. The molecule has 0 N–H and O–H groups in total. The predicted octanol–water partition coefficient (Wildman–Crippen LogP) is 2.52. The quantitative estimate of drug-likeness (QED) is 0.728. The molecule has 1 saturated heterocycles. The highest BCUT2D eigenvalue weighted by molar-refractivity contribution is 7.99. The van der Waals surface area contributed by atoms with Gasteiger partial charge in [-0.15, -0.1) is 11.8 Å². The Kier molecular flexibility index (Phi) is 3.43. The summed E-state index contributed by atoms with van der Waals surface area (Å²) in [4.78, 5) is 12.2. The van der Waals surface area contributed by atoms with Crippen LogP contribution >= 0.6 is 11.8 Å². The average Bonchev–Trinajstić information content (AvgIpc) is 2.67. The van der Waals surface area contributed by atoms with E-state index in [-0.39, 0.29) is 5.82 Å². The molecule has 3 aliphatic rings. The van der Waals surface area contributed by atoms with Crippen LogP contribution in [0.2, 0.25) is 0 Å². The second-order valence-corrected chi connectivity index (χ2v) is 7.59. The van der Waals surface area contributed by atoms with Crippen molar-refractivity contribution in [1.29, 1.82) is 0 Å². The second kappa shape index (κ2) is 5.24. The van der Waals surface area contributed by atoms with Crippen molar-refractivity contribution in [2.75, 3.05) is 44.4 Å². The smallest absolute Gasteiger partial charge is 0.142 e. The molecule has 0 aromatic heterocycles. The lowest BCUT2D eigenvalue weighted by molar-refractivity contribution is 0.165. The van der Waals surface area contributed by atoms with Crippen molar-refractivity contribution in [3.05, 3.63) is 35.4 Å². The summed E-state index contributed by atoms with van der Waals surface area (Å²) in [5.41, 5.74) is 2.64. The molecule has 1 aromatic carbocycles. The van der Waals surface area contributed by atoms with Crippen LogP contribution in [0.3, 0.4) is 0 Å². The fourth-order valence-electron chi connectivity index (χ4n) is 3.57. The van der Waals surface area contributed by atoms with Gasteiger partial charge in [0.1, 0.15) is 17.5 Å². The van der Waals surface area contributed by atoms with Crippen LogP contribution in [0.5, 0.6) is 0 Å². The van der Waals surface area contributed by atoms with Gasteiger partial charge in [0.25, 0.3) is 0 Å². The Labute approximate surface area is 140 Å². The topological polar surface area (TPSA) is 22.1 Å². The average molecular weight is 332 g/mol. The van der Waals surface area contributed by atoms with Crippen molar-refractivity contribution in [3.8, 4) is 0 Å². The van der Waals surface area contributed by atoms with E-state index in [2.05, 4.69) is 23.4 Å². The highest BCUT2D eigenvalue weighted by atomic mass is 32.2. The summed E-state index contributed by atoms with van der Waals surface area (Å²) in [6.07, 6.45) is 0. The van der Waals surface area contributed by atoms with Gasteiger partial charge in [-0.1, -0.05) is 6.58 Å². The molecule has 1 aromatic rings. The molecule has 4 nitrogen and oxygen atoms in total. The third-order valence-corrected chi connectivity index (χ3v) is 6.19. The van der Waals surface area contributed by atoms with E-state index in [0.717, 1.165) is 47.4 Å². The van der Waals surface area contributed by atoms with Crippen molar-refractivity contribution in [1.82, 2.24) is 9.80 Å². The lowest BCUT2D eigenvalue weighted by Crippen LogP contribution is -2.55. The molecular formula is C17H21FN4S. The zero-order valence-corrected chi connectivity index (χ0v) is 14.6. The number of rotatable bonds is 0. The van der Waals surface area contributed by atoms with Crippen molar-refractivity contribution in [3.63, 3.8) is 0 Å². The summed E-state index contributed by atoms with van der Waals surface area (Å²) < 4.78 is 14.8. The van der Waals surface area contributed by atoms with Crippen molar-refractivity contribution in [2.24, 2.45) is 4.99 Å². The number of fused-ring (bicyclic) bond motifs is 2. The summed E-state index contributed by atoms with van der Waals surface area (Å²) in [6.45, 7) is 8.82. The molecule has 0 saturated carbocycles. The maximum absolute atomic E-state index is 14.8. The number of thioether (sulfide) groups is 1. The minimum Gasteiger partial charge on any atom is -0.350 e. The van der Waals surface area contributed by atoms with E-state index in [9.17, 15) is 4.39 Å². The third-order valence-electron chi connectivity index (χ3n) is 4.97. The molecule has 0 aliphatic carbocycles. The fourth-order valence-corrected chi connectivity index (χ4v) is 4.85. The summed E-state index contributed by atoms with van der Waals surface area (Å²) >= 11 is 1.63. The fraction of sp³-hybridized carbons (Fsp3) is 0.471. The molecule has 4 rings (SSSR count). The van der Waals surface area contributed by atoms with Gasteiger partial charge in [0.2, 0.25) is 0 Å². The molecule has 0 bridgehead atoms. The van der Waals surface area contributed by atoms with Crippen molar-refractivity contribution in [2.45, 2.75) is 17.9 Å². The van der Waals surface area contributed by atoms with Gasteiger partial charge >= 0.3 is 0 Å². The van der Waals surface area contributed by atoms with Crippen LogP contribution in [0.25, 0.3) is 0 Å². The highest BCUT2D eigenvalue weighted by Gasteiger charge is 2.38. The number of piperazine rings is 1. The first-order valence-electron chi connectivity index (χ1n) is 7.90. The van der Waals surface area contributed by atoms with Crippen molar-refractivity contribution >= 4 is 23.3 Å². The van der Waals surface area contributed by atoms with Gasteiger partial charge in [-0.2, -0.15) is 0 Å². The van der Waals surface area contributed by atoms with Gasteiger partial charge in [-0.25, -0.2) is 9.38 Å². The number of hydrogen-bond donors (Lipinski definition) is 0. The number of anilines is 1. The Hall–Kier alpha value is -1.53. The van der Waals surface area contributed by atoms with Gasteiger partial charge in [0.15, 0.2) is 0 Å². The van der Waals surface area contributed by atoms with Crippen LogP contribution < -0.4 is 4.90 Å². The van der Waals surface area contributed by atoms with Crippen LogP contribution in [0, 0.1) is 12.7 Å². The van der Waals surface area contributed by atoms with E-state index >= 15 is 0 Å². The van der Waals surface area contributed by atoms with Gasteiger partial charge in [-0.05, 0) is 25.6 Å². The zero-order valence-electron chi connectivity index (χ0n) is 13.8. The molecule has 0 amide bonds. The number of hydrogen-bond acceptors (Lipinski definition) is 5. The minimum absolute atomic E-state index is 0.101. The zero-order chi connectivity index (χ0) is 16.3. The SMILES string of the molecule is C=C1N=C2c3c(cc(C)c(F)c3SCC3CN(C)CCN23)N1C. The standard InChI is InChI=1S/C17H21FN4S/c1-10-7-13-14-16(15(10)18)23-9-12-8-20(3)5-6-22(12)17(14)19-11(2)21(13)4/h7,12H,2,5-6,8-9H2,1,3-4H3. The molecule has 1 atom stereocenters. The monoisotopic (exact) mass is 332 g/mol. The summed E-state index contributed by atoms with van der Waals surface area (Å²) in [6, 6.07) is 2.28. The van der Waals surface area contributed by atoms with E-state index in [1.165, 1.54) is 0 Å². The molecule has 1 fully saturated rings. The van der Waals surface area contributed by atoms with Crippen LogP contribution in [0.15, 0.2) is 28.4 Å². The van der Waals surface area contributed by atoms with Crippen LogP contribution in [0.4, 0.5) is 10.1 Å². The first kappa shape index (κ1) is 15.0. The van der Waals surface area contributed by atoms with Gasteiger partial charge < -0.3 is 14.7 Å². The van der Waals surface area contributed by atoms with E-state index in [4.69, 9.17) is 4.99 Å². The first-order chi connectivity index (χ1) is 11.0. The number of benzene rings is 1. The second-order valence-electron chi connectivity index (χ2n) is 6.56. The number of halogens is 1. The third kappa shape index (κ3) is 2.19. The molecule has 6 heteroatoms. The number of aliphatic imine (C=N–C) groups is 1.